The van der Waals surface area contributed by atoms with Gasteiger partial charge in [0.15, 0.2) is 8.32 Å². The quantitative estimate of drug-likeness (QED) is 0.0578. The molecule has 0 saturated carbocycles. The van der Waals surface area contributed by atoms with Crippen molar-refractivity contribution in [3.05, 3.63) is 162 Å². The standard InChI is InChI=1S/C51H70N5O11PSi2/c1-34-30-55(48(59)53-46(34)57)44-27-39(43(64-44)33-62-70(51(6,7)8,37-23-17-13-18-24-37)38-25-19-14-20-26-38)65-68(66-41(29-52-9)36-21-15-12-16-22-36)61-32-42-40(67-69(10,11)50(3,4)5)28-45(63-42)56-31-35(2)47(58)54-49(56)60/h12-26,30-31,39-45,52H,27-29,32-33H2,1-11H3,(H,53,57,59)(H,54,58,60)/t39-,40-,41+,42+,43+,44+,45+,68-/m0/s1. The van der Waals surface area contributed by atoms with Gasteiger partial charge in [-0.25, -0.2) is 9.59 Å². The zero-order chi connectivity index (χ0) is 50.6. The highest BCUT2D eigenvalue weighted by molar-refractivity contribution is 7.41. The molecular weight excluding hydrogens is 946 g/mol. The predicted octanol–water partition coefficient (Wildman–Crippen LogP) is 6.85. The normalized spacial score (nSPS) is 22.0. The minimum Gasteiger partial charge on any atom is -0.411 e. The SMILES string of the molecule is CNC[C@@H](O[P@@](OC[C@H]1O[C@@H](n2cc(C)c(=O)[nH]c2=O)C[C@@H]1O[Si](C)(C)C(C)(C)C)O[C@H]1C[C@H](n2cc(C)c(=O)[nH]c2=O)O[C@@H]1CO[Si](c1ccccc1)(c1ccccc1)C(C)(C)C)c1ccccc1. The molecule has 2 fully saturated rings. The van der Waals surface area contributed by atoms with Crippen molar-refractivity contribution in [2.45, 2.75) is 134 Å². The van der Waals surface area contributed by atoms with E-state index in [0.29, 0.717) is 24.1 Å². The number of aromatic nitrogens is 4. The van der Waals surface area contributed by atoms with Crippen LogP contribution in [0.3, 0.4) is 0 Å². The Morgan fingerprint density at radius 2 is 1.17 bits per heavy atom. The van der Waals surface area contributed by atoms with Crippen LogP contribution in [0.1, 0.15) is 89.6 Å². The van der Waals surface area contributed by atoms with Gasteiger partial charge in [0.05, 0.1) is 25.4 Å². The summed E-state index contributed by atoms with van der Waals surface area (Å²) >= 11 is 0. The van der Waals surface area contributed by atoms with Crippen molar-refractivity contribution >= 4 is 35.6 Å². The highest BCUT2D eigenvalue weighted by Crippen LogP contribution is 2.50. The number of nitrogens with zero attached hydrogens (tertiary/aromatic N) is 2. The molecule has 0 amide bonds. The monoisotopic (exact) mass is 1020 g/mol. The van der Waals surface area contributed by atoms with Gasteiger partial charge in [0.2, 0.25) is 0 Å². The van der Waals surface area contributed by atoms with E-state index in [4.69, 9.17) is 31.9 Å². The van der Waals surface area contributed by atoms with E-state index in [9.17, 15) is 19.2 Å². The van der Waals surface area contributed by atoms with Gasteiger partial charge >= 0.3 is 20.0 Å². The molecule has 0 radical (unpaired) electrons. The highest BCUT2D eigenvalue weighted by atomic mass is 31.2. The highest BCUT2D eigenvalue weighted by Gasteiger charge is 2.52. The predicted molar refractivity (Wildman–Crippen MR) is 277 cm³/mol. The van der Waals surface area contributed by atoms with Crippen molar-refractivity contribution in [1.82, 2.24) is 24.4 Å². The fraction of sp³-hybridized carbons (Fsp3) is 0.490. The van der Waals surface area contributed by atoms with Crippen molar-refractivity contribution in [3.8, 4) is 0 Å². The molecule has 7 rings (SSSR count). The lowest BCUT2D eigenvalue weighted by Crippen LogP contribution is -2.67. The molecule has 0 bridgehead atoms. The van der Waals surface area contributed by atoms with E-state index >= 15 is 0 Å². The minimum absolute atomic E-state index is 0.0432. The Balaban J connectivity index is 1.26. The zero-order valence-electron chi connectivity index (χ0n) is 42.2. The number of H-pyrrole nitrogens is 2. The Bertz CT molecular complexity index is 2720. The molecule has 19 heteroatoms. The second-order valence-corrected chi connectivity index (χ2v) is 31.0. The summed E-state index contributed by atoms with van der Waals surface area (Å²) in [5, 5.41) is 4.93. The van der Waals surface area contributed by atoms with Gasteiger partial charge in [0.25, 0.3) is 19.4 Å². The third-order valence-electron chi connectivity index (χ3n) is 13.7. The van der Waals surface area contributed by atoms with Gasteiger partial charge in [-0.1, -0.05) is 133 Å². The molecule has 2 saturated heterocycles. The number of likely N-dealkylation sites (N-methyl/N-ethyl adjacent to an activating group) is 1. The van der Waals surface area contributed by atoms with Gasteiger partial charge < -0.3 is 37.2 Å². The van der Waals surface area contributed by atoms with Gasteiger partial charge in [0, 0.05) is 42.9 Å². The second-order valence-electron chi connectivity index (χ2n) is 20.8. The van der Waals surface area contributed by atoms with E-state index in [1.54, 1.807) is 13.8 Å². The van der Waals surface area contributed by atoms with Crippen LogP contribution >= 0.6 is 8.60 Å². The van der Waals surface area contributed by atoms with Crippen molar-refractivity contribution < 1.29 is 31.9 Å². The summed E-state index contributed by atoms with van der Waals surface area (Å²) in [5.74, 6) is 0. The smallest absolute Gasteiger partial charge is 0.333 e. The summed E-state index contributed by atoms with van der Waals surface area (Å²) in [7, 11) is -5.93. The molecule has 0 unspecified atom stereocenters. The van der Waals surface area contributed by atoms with Gasteiger partial charge in [-0.3, -0.25) is 28.7 Å². The number of rotatable bonds is 19. The van der Waals surface area contributed by atoms with Crippen LogP contribution in [0.25, 0.3) is 0 Å². The van der Waals surface area contributed by atoms with Gasteiger partial charge in [-0.15, -0.1) is 0 Å². The van der Waals surface area contributed by atoms with Crippen LogP contribution in [-0.2, 0) is 31.9 Å². The van der Waals surface area contributed by atoms with E-state index in [1.807, 2.05) is 73.8 Å². The average Bonchev–Trinajstić information content (AvgIpc) is 3.90. The molecule has 2 aliphatic rings. The van der Waals surface area contributed by atoms with Crippen molar-refractivity contribution in [2.75, 3.05) is 26.8 Å². The van der Waals surface area contributed by atoms with Crippen LogP contribution in [0.4, 0.5) is 0 Å². The minimum atomic E-state index is -3.10. The molecule has 8 atom stereocenters. The number of aromatic amines is 2. The molecule has 4 heterocycles. The molecule has 0 spiro atoms. The van der Waals surface area contributed by atoms with E-state index in [2.05, 4.69) is 94.2 Å². The number of aryl methyl sites for hydroxylation is 2. The summed E-state index contributed by atoms with van der Waals surface area (Å²) in [4.78, 5) is 56.5. The molecular formula is C51H70N5O11PSi2. The summed E-state index contributed by atoms with van der Waals surface area (Å²) in [6.45, 7) is 21.1. The summed E-state index contributed by atoms with van der Waals surface area (Å²) in [6.07, 6.45) is -1.27. The van der Waals surface area contributed by atoms with Crippen LogP contribution in [0.5, 0.6) is 0 Å². The maximum Gasteiger partial charge on any atom is 0.333 e. The molecule has 5 aromatic rings. The fourth-order valence-corrected chi connectivity index (χ4v) is 16.1. The molecule has 70 heavy (non-hydrogen) atoms. The first-order valence-electron chi connectivity index (χ1n) is 24.0. The van der Waals surface area contributed by atoms with Crippen molar-refractivity contribution in [1.29, 1.82) is 0 Å². The van der Waals surface area contributed by atoms with Crippen molar-refractivity contribution in [3.63, 3.8) is 0 Å². The first-order valence-corrected chi connectivity index (χ1v) is 29.9. The molecule has 378 valence electrons. The Labute approximate surface area is 413 Å². The maximum absolute atomic E-state index is 13.5. The first-order chi connectivity index (χ1) is 33.1. The number of hydrogen-bond donors (Lipinski definition) is 3. The van der Waals surface area contributed by atoms with Gasteiger partial charge in [0.1, 0.15) is 30.8 Å². The Morgan fingerprint density at radius 3 is 1.64 bits per heavy atom. The van der Waals surface area contributed by atoms with E-state index in [-0.39, 0.29) is 29.7 Å². The number of ether oxygens (including phenoxy) is 2. The molecule has 3 N–H and O–H groups in total. The summed E-state index contributed by atoms with van der Waals surface area (Å²) in [6, 6.07) is 30.4. The van der Waals surface area contributed by atoms with Crippen LogP contribution in [0.2, 0.25) is 23.2 Å². The topological polar surface area (TPSA) is 186 Å². The third kappa shape index (κ3) is 11.9. The zero-order valence-corrected chi connectivity index (χ0v) is 45.1. The van der Waals surface area contributed by atoms with E-state index < -0.39 is 90.7 Å². The maximum atomic E-state index is 13.5. The third-order valence-corrected chi connectivity index (χ3v) is 24.5. The molecule has 2 aromatic heterocycles. The first kappa shape index (κ1) is 53.4. The van der Waals surface area contributed by atoms with Crippen LogP contribution in [0, 0.1) is 13.8 Å². The molecule has 16 nitrogen and oxygen atoms in total. The van der Waals surface area contributed by atoms with Crippen LogP contribution < -0.4 is 38.2 Å². The fourth-order valence-electron chi connectivity index (χ4n) is 8.90. The van der Waals surface area contributed by atoms with Crippen LogP contribution in [0.15, 0.2) is 123 Å². The Hall–Kier alpha value is -4.44. The summed E-state index contributed by atoms with van der Waals surface area (Å²) < 4.78 is 51.5. The Kier molecular flexibility index (Phi) is 16.9. The number of benzene rings is 3. The van der Waals surface area contributed by atoms with E-state index in [1.165, 1.54) is 21.5 Å². The molecule has 0 aliphatic carbocycles. The largest absolute Gasteiger partial charge is 0.411 e. The van der Waals surface area contributed by atoms with Gasteiger partial charge in [-0.05, 0) is 60.0 Å². The molecule has 2 aliphatic heterocycles. The van der Waals surface area contributed by atoms with Crippen molar-refractivity contribution in [2.24, 2.45) is 0 Å². The lowest BCUT2D eigenvalue weighted by atomic mass is 10.1. The lowest BCUT2D eigenvalue weighted by Gasteiger charge is -2.43. The van der Waals surface area contributed by atoms with E-state index in [0.717, 1.165) is 15.9 Å². The Morgan fingerprint density at radius 1 is 0.700 bits per heavy atom. The summed E-state index contributed by atoms with van der Waals surface area (Å²) in [5.41, 5.74) is -0.524. The van der Waals surface area contributed by atoms with Gasteiger partial charge in [-0.2, -0.15) is 0 Å². The van der Waals surface area contributed by atoms with Crippen LogP contribution in [-0.4, -0.2) is 87.0 Å². The average molecular weight is 1020 g/mol. The molecule has 3 aromatic carbocycles. The second kappa shape index (κ2) is 22.1. The lowest BCUT2D eigenvalue weighted by molar-refractivity contribution is -0.0537. The number of hydrogen-bond acceptors (Lipinski definition) is 12. The number of nitrogens with one attached hydrogen (secondary N) is 3.